The Morgan fingerprint density at radius 3 is 2.31 bits per heavy atom. The molecule has 0 aromatic heterocycles. The summed E-state index contributed by atoms with van der Waals surface area (Å²) in [5.74, 6) is 1.04. The zero-order chi connectivity index (χ0) is 10.0. The normalized spacial score (nSPS) is 10.9. The van der Waals surface area contributed by atoms with Crippen molar-refractivity contribution in [3.63, 3.8) is 0 Å². The standard InChI is InChI=1S/C12H17O/c1-8-5-6-12(9(2)7-13)11(4)10(8)3/h5-6,13H,7H2,1-4H3. The van der Waals surface area contributed by atoms with Crippen LogP contribution in [0.15, 0.2) is 12.1 Å². The summed E-state index contributed by atoms with van der Waals surface area (Å²) in [7, 11) is 0. The number of benzene rings is 1. The van der Waals surface area contributed by atoms with Gasteiger partial charge in [-0.2, -0.15) is 0 Å². The van der Waals surface area contributed by atoms with Crippen LogP contribution in [0.25, 0.3) is 0 Å². The summed E-state index contributed by atoms with van der Waals surface area (Å²) in [4.78, 5) is 0. The molecule has 1 nitrogen and oxygen atoms in total. The highest BCUT2D eigenvalue weighted by Gasteiger charge is 2.09. The molecule has 1 aromatic rings. The zero-order valence-electron chi connectivity index (χ0n) is 8.81. The molecule has 0 aliphatic rings. The molecular formula is C12H17O. The first-order valence-electron chi connectivity index (χ1n) is 4.58. The molecule has 0 unspecified atom stereocenters. The van der Waals surface area contributed by atoms with E-state index in [1.54, 1.807) is 0 Å². The Bertz CT molecular complexity index is 302. The van der Waals surface area contributed by atoms with E-state index in [1.165, 1.54) is 22.3 Å². The monoisotopic (exact) mass is 177 g/mol. The van der Waals surface area contributed by atoms with Gasteiger partial charge in [-0.3, -0.25) is 0 Å². The smallest absolute Gasteiger partial charge is 0.0534 e. The van der Waals surface area contributed by atoms with E-state index in [9.17, 15) is 0 Å². The highest BCUT2D eigenvalue weighted by atomic mass is 16.3. The van der Waals surface area contributed by atoms with Gasteiger partial charge in [-0.15, -0.1) is 0 Å². The second-order valence-electron chi connectivity index (χ2n) is 3.62. The zero-order valence-corrected chi connectivity index (χ0v) is 8.81. The summed E-state index contributed by atoms with van der Waals surface area (Å²) in [6, 6.07) is 4.19. The van der Waals surface area contributed by atoms with E-state index in [0.29, 0.717) is 0 Å². The van der Waals surface area contributed by atoms with Gasteiger partial charge in [0.1, 0.15) is 0 Å². The van der Waals surface area contributed by atoms with Crippen molar-refractivity contribution in [3.8, 4) is 0 Å². The van der Waals surface area contributed by atoms with Gasteiger partial charge in [0.05, 0.1) is 6.61 Å². The molecule has 0 fully saturated rings. The van der Waals surface area contributed by atoms with Gasteiger partial charge in [-0.05, 0) is 43.0 Å². The van der Waals surface area contributed by atoms with Gasteiger partial charge in [0.2, 0.25) is 0 Å². The number of hydrogen-bond acceptors (Lipinski definition) is 1. The van der Waals surface area contributed by atoms with Gasteiger partial charge in [0.15, 0.2) is 0 Å². The Kier molecular flexibility index (Phi) is 3.10. The van der Waals surface area contributed by atoms with Gasteiger partial charge in [-0.1, -0.05) is 19.1 Å². The van der Waals surface area contributed by atoms with Crippen LogP contribution in [-0.4, -0.2) is 11.7 Å². The lowest BCUT2D eigenvalue weighted by atomic mass is 9.92. The highest BCUT2D eigenvalue weighted by molar-refractivity contribution is 5.45. The Hall–Kier alpha value is -0.820. The van der Waals surface area contributed by atoms with Crippen LogP contribution in [0.2, 0.25) is 0 Å². The van der Waals surface area contributed by atoms with Crippen LogP contribution in [0.3, 0.4) is 0 Å². The summed E-state index contributed by atoms with van der Waals surface area (Å²) in [5, 5.41) is 9.04. The van der Waals surface area contributed by atoms with Gasteiger partial charge in [-0.25, -0.2) is 0 Å². The second kappa shape index (κ2) is 3.93. The third-order valence-electron chi connectivity index (χ3n) is 2.75. The first-order chi connectivity index (χ1) is 6.07. The molecular weight excluding hydrogens is 160 g/mol. The van der Waals surface area contributed by atoms with Gasteiger partial charge >= 0.3 is 0 Å². The molecule has 1 radical (unpaired) electrons. The minimum Gasteiger partial charge on any atom is -0.395 e. The van der Waals surface area contributed by atoms with Crippen molar-refractivity contribution < 1.29 is 5.11 Å². The summed E-state index contributed by atoms with van der Waals surface area (Å²) in [6.07, 6.45) is 0. The fourth-order valence-electron chi connectivity index (χ4n) is 1.50. The van der Waals surface area contributed by atoms with Crippen LogP contribution in [0.4, 0.5) is 0 Å². The molecule has 0 saturated carbocycles. The molecule has 1 rings (SSSR count). The summed E-state index contributed by atoms with van der Waals surface area (Å²) in [5.41, 5.74) is 5.11. The quantitative estimate of drug-likeness (QED) is 0.736. The van der Waals surface area contributed by atoms with Crippen LogP contribution in [0.1, 0.15) is 29.2 Å². The summed E-state index contributed by atoms with van der Waals surface area (Å²) < 4.78 is 0. The molecule has 1 N–H and O–H groups in total. The molecule has 0 aliphatic carbocycles. The van der Waals surface area contributed by atoms with Gasteiger partial charge in [0.25, 0.3) is 0 Å². The number of aliphatic hydroxyl groups is 1. The summed E-state index contributed by atoms with van der Waals surface area (Å²) in [6.45, 7) is 8.45. The Morgan fingerprint density at radius 1 is 1.15 bits per heavy atom. The van der Waals surface area contributed by atoms with E-state index < -0.39 is 0 Å². The maximum atomic E-state index is 9.04. The second-order valence-corrected chi connectivity index (χ2v) is 3.62. The number of aliphatic hydroxyl groups excluding tert-OH is 1. The fourth-order valence-corrected chi connectivity index (χ4v) is 1.50. The Morgan fingerprint density at radius 2 is 1.77 bits per heavy atom. The number of aryl methyl sites for hydroxylation is 1. The molecule has 0 atom stereocenters. The van der Waals surface area contributed by atoms with Crippen molar-refractivity contribution in [1.82, 2.24) is 0 Å². The molecule has 1 heteroatoms. The van der Waals surface area contributed by atoms with E-state index in [0.717, 1.165) is 5.92 Å². The minimum absolute atomic E-state index is 0.142. The van der Waals surface area contributed by atoms with E-state index in [2.05, 4.69) is 32.9 Å². The van der Waals surface area contributed by atoms with E-state index in [1.807, 2.05) is 6.92 Å². The van der Waals surface area contributed by atoms with Crippen LogP contribution < -0.4 is 0 Å². The molecule has 0 heterocycles. The van der Waals surface area contributed by atoms with Crippen LogP contribution in [0.5, 0.6) is 0 Å². The third kappa shape index (κ3) is 1.92. The fraction of sp³-hybridized carbons (Fsp3) is 0.417. The molecule has 71 valence electrons. The molecule has 0 aliphatic heterocycles. The van der Waals surface area contributed by atoms with Crippen molar-refractivity contribution in [2.75, 3.05) is 6.61 Å². The predicted octanol–water partition coefficient (Wildman–Crippen LogP) is 2.55. The molecule has 0 saturated heterocycles. The van der Waals surface area contributed by atoms with Gasteiger partial charge in [0, 0.05) is 5.92 Å². The highest BCUT2D eigenvalue weighted by Crippen LogP contribution is 2.23. The van der Waals surface area contributed by atoms with E-state index >= 15 is 0 Å². The van der Waals surface area contributed by atoms with Crippen LogP contribution in [0, 0.1) is 26.7 Å². The maximum Gasteiger partial charge on any atom is 0.0534 e. The molecule has 0 bridgehead atoms. The van der Waals surface area contributed by atoms with Crippen LogP contribution in [-0.2, 0) is 0 Å². The van der Waals surface area contributed by atoms with Crippen molar-refractivity contribution in [1.29, 1.82) is 0 Å². The van der Waals surface area contributed by atoms with E-state index in [4.69, 9.17) is 5.11 Å². The first-order valence-corrected chi connectivity index (χ1v) is 4.58. The summed E-state index contributed by atoms with van der Waals surface area (Å²) >= 11 is 0. The lowest BCUT2D eigenvalue weighted by molar-refractivity contribution is 0.314. The topological polar surface area (TPSA) is 20.2 Å². The van der Waals surface area contributed by atoms with Crippen molar-refractivity contribution >= 4 is 0 Å². The maximum absolute atomic E-state index is 9.04. The Balaban J connectivity index is 3.18. The largest absolute Gasteiger partial charge is 0.395 e. The lowest BCUT2D eigenvalue weighted by Gasteiger charge is -2.14. The average molecular weight is 177 g/mol. The Labute approximate surface area is 80.4 Å². The van der Waals surface area contributed by atoms with Crippen molar-refractivity contribution in [2.45, 2.75) is 27.7 Å². The van der Waals surface area contributed by atoms with Crippen molar-refractivity contribution in [2.24, 2.45) is 0 Å². The molecule has 13 heavy (non-hydrogen) atoms. The molecule has 1 aromatic carbocycles. The van der Waals surface area contributed by atoms with Gasteiger partial charge < -0.3 is 5.11 Å². The van der Waals surface area contributed by atoms with Crippen molar-refractivity contribution in [3.05, 3.63) is 40.3 Å². The van der Waals surface area contributed by atoms with E-state index in [-0.39, 0.29) is 6.61 Å². The first kappa shape index (κ1) is 10.3. The lowest BCUT2D eigenvalue weighted by Crippen LogP contribution is -2.04. The predicted molar refractivity (Wildman–Crippen MR) is 55.8 cm³/mol. The molecule has 0 amide bonds. The SMILES string of the molecule is C[C](CO)c1ccc(C)c(C)c1C. The molecule has 0 spiro atoms. The average Bonchev–Trinajstić information content (AvgIpc) is 2.13. The third-order valence-corrected chi connectivity index (χ3v) is 2.75. The van der Waals surface area contributed by atoms with Crippen LogP contribution >= 0.6 is 0 Å². The number of rotatable bonds is 2. The number of hydrogen-bond donors (Lipinski definition) is 1. The minimum atomic E-state index is 0.142.